The molecule has 210 valence electrons. The zero-order valence-corrected chi connectivity index (χ0v) is 25.3. The van der Waals surface area contributed by atoms with Gasteiger partial charge >= 0.3 is 0 Å². The lowest BCUT2D eigenvalue weighted by molar-refractivity contribution is 1.25. The maximum absolute atomic E-state index is 5.99. The lowest BCUT2D eigenvalue weighted by atomic mass is 9.96. The topological polar surface area (TPSA) is 6.48 Å². The molecule has 0 aliphatic rings. The van der Waals surface area contributed by atoms with Crippen LogP contribution in [0.2, 0.25) is 0 Å². The van der Waals surface area contributed by atoms with Gasteiger partial charge < -0.3 is 9.80 Å². The highest BCUT2D eigenvalue weighted by Gasteiger charge is 2.15. The first kappa shape index (κ1) is 29.1. The van der Waals surface area contributed by atoms with Crippen molar-refractivity contribution >= 4 is 49.8 Å². The second kappa shape index (κ2) is 13.1. The molecule has 0 heterocycles. The van der Waals surface area contributed by atoms with Crippen LogP contribution in [0.15, 0.2) is 146 Å². The molecule has 0 saturated carbocycles. The maximum atomic E-state index is 5.99. The summed E-state index contributed by atoms with van der Waals surface area (Å²) in [4.78, 5) is 4.56. The summed E-state index contributed by atoms with van der Waals surface area (Å²) in [5.74, 6) is 0. The molecular weight excluding hydrogens is 530 g/mol. The Hall–Kier alpha value is -4.95. The molecule has 0 N–H and O–H groups in total. The van der Waals surface area contributed by atoms with Gasteiger partial charge in [-0.25, -0.2) is 0 Å². The number of hydrogen-bond donors (Lipinski definition) is 0. The largest absolute Gasteiger partial charge is 0.310 e. The van der Waals surface area contributed by atoms with Gasteiger partial charge in [-0.1, -0.05) is 108 Å². The molecule has 6 aromatic rings. The van der Waals surface area contributed by atoms with Crippen molar-refractivity contribution in [2.45, 2.75) is 26.5 Å². The minimum atomic E-state index is 0.504. The molecule has 2 nitrogen and oxygen atoms in total. The summed E-state index contributed by atoms with van der Waals surface area (Å²) in [6, 6.07) is 51.7. The van der Waals surface area contributed by atoms with Crippen LogP contribution < -0.4 is 9.80 Å². The van der Waals surface area contributed by atoms with Gasteiger partial charge in [-0.05, 0) is 97.8 Å². The summed E-state index contributed by atoms with van der Waals surface area (Å²) in [7, 11) is 12.0. The SMILES string of the molecule is [B]Cc1cccc(N(c2ccc(C)cc2)c2ccc(-c3ccc(N(c4ccc(C)cc4)c4cccc(C[B])c4)cc3)cc2)c1. The van der Waals surface area contributed by atoms with Gasteiger partial charge in [-0.3, -0.25) is 0 Å². The number of hydrogen-bond acceptors (Lipinski definition) is 2. The van der Waals surface area contributed by atoms with Crippen LogP contribution in [0.25, 0.3) is 11.1 Å². The van der Waals surface area contributed by atoms with Gasteiger partial charge in [0, 0.05) is 34.1 Å². The molecule has 0 atom stereocenters. The van der Waals surface area contributed by atoms with E-state index in [2.05, 4.69) is 169 Å². The Morgan fingerprint density at radius 3 is 1.02 bits per heavy atom. The predicted molar refractivity (Wildman–Crippen MR) is 190 cm³/mol. The lowest BCUT2D eigenvalue weighted by Gasteiger charge is -2.27. The summed E-state index contributed by atoms with van der Waals surface area (Å²) in [6.45, 7) is 4.22. The van der Waals surface area contributed by atoms with E-state index in [4.69, 9.17) is 15.7 Å². The van der Waals surface area contributed by atoms with Crippen LogP contribution in [0, 0.1) is 13.8 Å². The minimum absolute atomic E-state index is 0.504. The molecule has 0 aliphatic carbocycles. The monoisotopic (exact) mass is 564 g/mol. The van der Waals surface area contributed by atoms with Crippen molar-refractivity contribution in [2.75, 3.05) is 9.80 Å². The molecule has 0 aliphatic heterocycles. The minimum Gasteiger partial charge on any atom is -0.310 e. The average Bonchev–Trinajstić information content (AvgIpc) is 3.08. The Morgan fingerprint density at radius 2 is 0.705 bits per heavy atom. The standard InChI is InChI=1S/C40H34B2N2/c1-29-9-17-35(18-10-29)43(39-7-3-5-31(25-39)27-41)37-21-13-33(14-22-37)34-15-23-38(24-16-34)44(36-19-11-30(2)12-20-36)40-8-4-6-32(26-40)28-42/h3-26H,27-28H2,1-2H3. The highest BCUT2D eigenvalue weighted by Crippen LogP contribution is 2.38. The molecule has 6 rings (SSSR count). The van der Waals surface area contributed by atoms with Crippen LogP contribution in [0.1, 0.15) is 22.3 Å². The smallest absolute Gasteiger partial charge is 0.0716 e. The predicted octanol–water partition coefficient (Wildman–Crippen LogP) is 10.2. The fourth-order valence-electron chi connectivity index (χ4n) is 5.53. The fourth-order valence-corrected chi connectivity index (χ4v) is 5.53. The first-order valence-electron chi connectivity index (χ1n) is 15.0. The van der Waals surface area contributed by atoms with Crippen LogP contribution in [-0.2, 0) is 12.6 Å². The molecule has 0 unspecified atom stereocenters. The van der Waals surface area contributed by atoms with Crippen molar-refractivity contribution in [1.29, 1.82) is 0 Å². The first-order chi connectivity index (χ1) is 21.5. The molecule has 4 radical (unpaired) electrons. The molecule has 0 fully saturated rings. The van der Waals surface area contributed by atoms with Crippen LogP contribution in [-0.4, -0.2) is 15.7 Å². The van der Waals surface area contributed by atoms with Crippen molar-refractivity contribution < 1.29 is 0 Å². The number of aryl methyl sites for hydroxylation is 2. The van der Waals surface area contributed by atoms with E-state index in [-0.39, 0.29) is 0 Å². The Labute approximate surface area is 264 Å². The second-order valence-electron chi connectivity index (χ2n) is 11.2. The van der Waals surface area contributed by atoms with Crippen molar-refractivity contribution in [2.24, 2.45) is 0 Å². The zero-order valence-electron chi connectivity index (χ0n) is 25.3. The normalized spacial score (nSPS) is 10.9. The van der Waals surface area contributed by atoms with Crippen LogP contribution in [0.5, 0.6) is 0 Å². The van der Waals surface area contributed by atoms with Gasteiger partial charge in [-0.2, -0.15) is 0 Å². The number of benzene rings is 6. The fraction of sp³-hybridized carbons (Fsp3) is 0.100. The average molecular weight is 564 g/mol. The second-order valence-corrected chi connectivity index (χ2v) is 11.2. The molecule has 0 saturated heterocycles. The van der Waals surface area contributed by atoms with Gasteiger partial charge in [0.15, 0.2) is 0 Å². The van der Waals surface area contributed by atoms with E-state index in [9.17, 15) is 0 Å². The molecular formula is C40H34B2N2. The van der Waals surface area contributed by atoms with Crippen LogP contribution in [0.3, 0.4) is 0 Å². The molecule has 0 bridgehead atoms. The van der Waals surface area contributed by atoms with Gasteiger partial charge in [-0.15, -0.1) is 0 Å². The van der Waals surface area contributed by atoms with Crippen molar-refractivity contribution in [1.82, 2.24) is 0 Å². The Morgan fingerprint density at radius 1 is 0.386 bits per heavy atom. The van der Waals surface area contributed by atoms with E-state index in [1.54, 1.807) is 0 Å². The van der Waals surface area contributed by atoms with E-state index in [1.807, 2.05) is 0 Å². The van der Waals surface area contributed by atoms with Gasteiger partial charge in [0.05, 0.1) is 15.7 Å². The van der Waals surface area contributed by atoms with E-state index in [0.717, 1.165) is 56.4 Å². The van der Waals surface area contributed by atoms with E-state index >= 15 is 0 Å². The van der Waals surface area contributed by atoms with Gasteiger partial charge in [0.1, 0.15) is 0 Å². The van der Waals surface area contributed by atoms with E-state index < -0.39 is 0 Å². The van der Waals surface area contributed by atoms with Gasteiger partial charge in [0.25, 0.3) is 0 Å². The lowest BCUT2D eigenvalue weighted by Crippen LogP contribution is -2.10. The number of rotatable bonds is 9. The molecule has 44 heavy (non-hydrogen) atoms. The summed E-state index contributed by atoms with van der Waals surface area (Å²) >= 11 is 0. The Kier molecular flexibility index (Phi) is 8.70. The number of nitrogens with zero attached hydrogens (tertiary/aromatic N) is 2. The van der Waals surface area contributed by atoms with E-state index in [1.165, 1.54) is 11.1 Å². The van der Waals surface area contributed by atoms with Gasteiger partial charge in [0.2, 0.25) is 0 Å². The summed E-state index contributed by atoms with van der Waals surface area (Å²) in [5, 5.41) is 0. The first-order valence-corrected chi connectivity index (χ1v) is 15.0. The highest BCUT2D eigenvalue weighted by molar-refractivity contribution is 6.08. The molecule has 0 aromatic heterocycles. The molecule has 6 aromatic carbocycles. The van der Waals surface area contributed by atoms with Crippen LogP contribution >= 0.6 is 0 Å². The maximum Gasteiger partial charge on any atom is 0.0716 e. The highest BCUT2D eigenvalue weighted by atomic mass is 15.1. The molecule has 0 amide bonds. The quantitative estimate of drug-likeness (QED) is 0.161. The Balaban J connectivity index is 1.33. The van der Waals surface area contributed by atoms with Crippen molar-refractivity contribution in [3.05, 3.63) is 168 Å². The summed E-state index contributed by atoms with van der Waals surface area (Å²) in [6.07, 6.45) is 1.01. The molecule has 4 heteroatoms. The third-order valence-corrected chi connectivity index (χ3v) is 7.98. The van der Waals surface area contributed by atoms with E-state index in [0.29, 0.717) is 12.6 Å². The van der Waals surface area contributed by atoms with Crippen molar-refractivity contribution in [3.63, 3.8) is 0 Å². The van der Waals surface area contributed by atoms with Crippen LogP contribution in [0.4, 0.5) is 34.1 Å². The summed E-state index contributed by atoms with van der Waals surface area (Å²) < 4.78 is 0. The third-order valence-electron chi connectivity index (χ3n) is 7.98. The summed E-state index contributed by atoms with van der Waals surface area (Å²) in [5.41, 5.74) is 13.6. The third kappa shape index (κ3) is 6.35. The molecule has 0 spiro atoms. The number of anilines is 6. The van der Waals surface area contributed by atoms with Crippen molar-refractivity contribution in [3.8, 4) is 11.1 Å². The Bertz CT molecular complexity index is 1690. The zero-order chi connectivity index (χ0) is 30.5.